The minimum atomic E-state index is -4.95. The second kappa shape index (κ2) is 60.7. The molecule has 0 saturated carbocycles. The van der Waals surface area contributed by atoms with Crippen molar-refractivity contribution in [2.24, 2.45) is 23.7 Å². The smallest absolute Gasteiger partial charge is 0.462 e. The molecule has 0 saturated heterocycles. The lowest BCUT2D eigenvalue weighted by Gasteiger charge is -2.21. The van der Waals surface area contributed by atoms with E-state index in [0.29, 0.717) is 37.5 Å². The van der Waals surface area contributed by atoms with Crippen LogP contribution in [-0.2, 0) is 65.4 Å². The summed E-state index contributed by atoms with van der Waals surface area (Å²) in [6.45, 7) is 14.1. The summed E-state index contributed by atoms with van der Waals surface area (Å²) in [7, 11) is -9.90. The second-order valence-electron chi connectivity index (χ2n) is 27.1. The fourth-order valence-electron chi connectivity index (χ4n) is 10.6. The molecule has 0 heterocycles. The summed E-state index contributed by atoms with van der Waals surface area (Å²) in [6.07, 6.45) is 43.2. The Morgan fingerprint density at radius 1 is 0.311 bits per heavy atom. The molecule has 0 aromatic rings. The number of esters is 4. The van der Waals surface area contributed by atoms with Crippen LogP contribution in [0.1, 0.15) is 351 Å². The van der Waals surface area contributed by atoms with Crippen LogP contribution in [0.3, 0.4) is 0 Å². The second-order valence-corrected chi connectivity index (χ2v) is 30.0. The molecule has 0 spiro atoms. The molecule has 7 atom stereocenters. The normalized spacial score (nSPS) is 14.9. The van der Waals surface area contributed by atoms with Gasteiger partial charge in [0, 0.05) is 25.7 Å². The number of unbranched alkanes of at least 4 members (excludes halogenated alkanes) is 32. The van der Waals surface area contributed by atoms with E-state index in [4.69, 9.17) is 37.0 Å². The van der Waals surface area contributed by atoms with E-state index in [1.165, 1.54) is 148 Å². The number of phosphoric acid groups is 2. The average Bonchev–Trinajstić information content (AvgIpc) is 3.72. The van der Waals surface area contributed by atoms with Gasteiger partial charge in [0.15, 0.2) is 12.2 Å². The summed E-state index contributed by atoms with van der Waals surface area (Å²) < 4.78 is 68.3. The number of phosphoric ester groups is 2. The van der Waals surface area contributed by atoms with Gasteiger partial charge in [-0.15, -0.1) is 0 Å². The molecule has 0 aliphatic heterocycles. The third-order valence-electron chi connectivity index (χ3n) is 17.0. The molecule has 534 valence electrons. The highest BCUT2D eigenvalue weighted by atomic mass is 31.2. The summed E-state index contributed by atoms with van der Waals surface area (Å²) in [5.41, 5.74) is 0. The lowest BCUT2D eigenvalue weighted by atomic mass is 9.99. The van der Waals surface area contributed by atoms with Crippen molar-refractivity contribution in [3.8, 4) is 0 Å². The number of carbonyl (C=O) groups excluding carboxylic acids is 4. The van der Waals surface area contributed by atoms with Crippen LogP contribution in [0.5, 0.6) is 0 Å². The number of hydrogen-bond acceptors (Lipinski definition) is 15. The number of aliphatic hydroxyl groups is 1. The maximum absolute atomic E-state index is 13.0. The molecular weight excluding hydrogens is 1190 g/mol. The molecule has 19 heteroatoms. The zero-order valence-electron chi connectivity index (χ0n) is 58.8. The fraction of sp³-hybridized carbons (Fsp3) is 0.944. The van der Waals surface area contributed by atoms with Gasteiger partial charge in [0.05, 0.1) is 26.4 Å². The molecule has 0 aliphatic carbocycles. The van der Waals surface area contributed by atoms with E-state index in [1.54, 1.807) is 0 Å². The van der Waals surface area contributed by atoms with Gasteiger partial charge in [0.1, 0.15) is 19.3 Å². The van der Waals surface area contributed by atoms with Crippen LogP contribution in [-0.4, -0.2) is 96.7 Å². The number of rotatable bonds is 68. The zero-order chi connectivity index (χ0) is 66.8. The summed E-state index contributed by atoms with van der Waals surface area (Å²) >= 11 is 0. The Balaban J connectivity index is 5.21. The van der Waals surface area contributed by atoms with E-state index < -0.39 is 97.5 Å². The molecule has 0 fully saturated rings. The van der Waals surface area contributed by atoms with Gasteiger partial charge in [-0.2, -0.15) is 0 Å². The maximum atomic E-state index is 13.0. The van der Waals surface area contributed by atoms with Gasteiger partial charge in [-0.25, -0.2) is 9.13 Å². The molecular formula is C71H138O17P2. The van der Waals surface area contributed by atoms with Crippen LogP contribution >= 0.6 is 15.6 Å². The highest BCUT2D eigenvalue weighted by Gasteiger charge is 2.30. The standard InChI is InChI=1S/C71H138O17P2/c1-9-63(7)49-41-33-25-17-15-13-11-12-14-16-18-27-35-43-51-68(73)81-57-66(87-70(75)53-45-37-28-20-19-26-34-42-50-64(8)10-2)59-85-89(77,78)83-55-65(72)56-84-90(79,80)86-60-67(88-71(76)54-46-38-30-22-24-32-40-48-62(5)6)58-82-69(74)52-44-36-29-21-23-31-39-47-61(3)4/h61-67,72H,9-60H2,1-8H3,(H,77,78)(H,79,80)/t63?,64?,65?,66-,67-/m1/s1. The lowest BCUT2D eigenvalue weighted by Crippen LogP contribution is -2.30. The van der Waals surface area contributed by atoms with Crippen molar-refractivity contribution in [2.45, 2.75) is 369 Å². The molecule has 90 heavy (non-hydrogen) atoms. The highest BCUT2D eigenvalue weighted by molar-refractivity contribution is 7.47. The van der Waals surface area contributed by atoms with Gasteiger partial charge in [0.25, 0.3) is 0 Å². The van der Waals surface area contributed by atoms with E-state index in [1.807, 2.05) is 0 Å². The van der Waals surface area contributed by atoms with Crippen LogP contribution in [0, 0.1) is 23.7 Å². The molecule has 0 aromatic heterocycles. The molecule has 3 N–H and O–H groups in total. The topological polar surface area (TPSA) is 237 Å². The predicted octanol–water partition coefficient (Wildman–Crippen LogP) is 20.1. The van der Waals surface area contributed by atoms with Gasteiger partial charge in [-0.1, -0.05) is 299 Å². The molecule has 0 radical (unpaired) electrons. The Bertz CT molecular complexity index is 1790. The third-order valence-corrected chi connectivity index (χ3v) is 18.9. The van der Waals surface area contributed by atoms with Crippen molar-refractivity contribution in [1.82, 2.24) is 0 Å². The van der Waals surface area contributed by atoms with Crippen molar-refractivity contribution in [3.63, 3.8) is 0 Å². The molecule has 0 bridgehead atoms. The van der Waals surface area contributed by atoms with E-state index in [0.717, 1.165) is 108 Å². The minimum Gasteiger partial charge on any atom is -0.462 e. The van der Waals surface area contributed by atoms with Crippen LogP contribution < -0.4 is 0 Å². The van der Waals surface area contributed by atoms with Crippen molar-refractivity contribution in [1.29, 1.82) is 0 Å². The first-order chi connectivity index (χ1) is 43.2. The van der Waals surface area contributed by atoms with Crippen molar-refractivity contribution >= 4 is 39.5 Å². The SMILES string of the molecule is CCC(C)CCCCCCCCCCCCCCCCC(=O)OC[C@H](COP(=O)(O)OCC(O)COP(=O)(O)OC[C@@H](COC(=O)CCCCCCCCCC(C)C)OC(=O)CCCCCCCCCC(C)C)OC(=O)CCCCCCCCCCC(C)CC. The average molecular weight is 1330 g/mol. The van der Waals surface area contributed by atoms with Crippen LogP contribution in [0.4, 0.5) is 0 Å². The largest absolute Gasteiger partial charge is 0.472 e. The highest BCUT2D eigenvalue weighted by Crippen LogP contribution is 2.45. The lowest BCUT2D eigenvalue weighted by molar-refractivity contribution is -0.161. The van der Waals surface area contributed by atoms with Gasteiger partial charge in [-0.05, 0) is 49.4 Å². The van der Waals surface area contributed by atoms with E-state index in [-0.39, 0.29) is 25.7 Å². The molecule has 17 nitrogen and oxygen atoms in total. The Morgan fingerprint density at radius 2 is 0.533 bits per heavy atom. The molecule has 0 aromatic carbocycles. The predicted molar refractivity (Wildman–Crippen MR) is 363 cm³/mol. The van der Waals surface area contributed by atoms with Crippen LogP contribution in [0.25, 0.3) is 0 Å². The first kappa shape index (κ1) is 88.1. The van der Waals surface area contributed by atoms with E-state index in [9.17, 15) is 43.2 Å². The molecule has 0 aliphatic rings. The number of aliphatic hydroxyl groups excluding tert-OH is 1. The molecule has 0 amide bonds. The van der Waals surface area contributed by atoms with Crippen molar-refractivity contribution in [3.05, 3.63) is 0 Å². The van der Waals surface area contributed by atoms with Crippen molar-refractivity contribution < 1.29 is 80.2 Å². The summed E-state index contributed by atoms with van der Waals surface area (Å²) in [4.78, 5) is 72.5. The summed E-state index contributed by atoms with van der Waals surface area (Å²) in [6, 6.07) is 0. The molecule has 0 rings (SSSR count). The number of ether oxygens (including phenoxy) is 4. The number of carbonyl (C=O) groups is 4. The Morgan fingerprint density at radius 3 is 0.789 bits per heavy atom. The van der Waals surface area contributed by atoms with Gasteiger partial charge >= 0.3 is 39.5 Å². The quantitative estimate of drug-likeness (QED) is 0.0222. The van der Waals surface area contributed by atoms with Crippen molar-refractivity contribution in [2.75, 3.05) is 39.6 Å². The van der Waals surface area contributed by atoms with Gasteiger partial charge < -0.3 is 33.8 Å². The van der Waals surface area contributed by atoms with E-state index >= 15 is 0 Å². The zero-order valence-corrected chi connectivity index (χ0v) is 60.6. The molecule has 5 unspecified atom stereocenters. The Hall–Kier alpha value is -1.94. The van der Waals surface area contributed by atoms with E-state index in [2.05, 4.69) is 55.4 Å². The minimum absolute atomic E-state index is 0.102. The van der Waals surface area contributed by atoms with Crippen LogP contribution in [0.2, 0.25) is 0 Å². The van der Waals surface area contributed by atoms with Gasteiger partial charge in [0.2, 0.25) is 0 Å². The van der Waals surface area contributed by atoms with Gasteiger partial charge in [-0.3, -0.25) is 37.3 Å². The number of hydrogen-bond donors (Lipinski definition) is 3. The van der Waals surface area contributed by atoms with Crippen LogP contribution in [0.15, 0.2) is 0 Å². The maximum Gasteiger partial charge on any atom is 0.472 e. The first-order valence-corrected chi connectivity index (χ1v) is 39.8. The first-order valence-electron chi connectivity index (χ1n) is 36.8. The summed E-state index contributed by atoms with van der Waals surface area (Å²) in [5, 5.41) is 10.6. The Kier molecular flexibility index (Phi) is 59.4. The fourth-order valence-corrected chi connectivity index (χ4v) is 12.2. The Labute approximate surface area is 549 Å². The summed E-state index contributed by atoms with van der Waals surface area (Å²) in [5.74, 6) is 0.888. The third kappa shape index (κ3) is 62.2. The monoisotopic (exact) mass is 1320 g/mol.